The van der Waals surface area contributed by atoms with Crippen LogP contribution in [0.3, 0.4) is 0 Å². The van der Waals surface area contributed by atoms with Crippen molar-refractivity contribution in [1.82, 2.24) is 19.7 Å². The molecule has 0 saturated carbocycles. The molecule has 0 bridgehead atoms. The number of amides is 1. The van der Waals surface area contributed by atoms with Crippen molar-refractivity contribution in [1.29, 1.82) is 0 Å². The minimum absolute atomic E-state index is 0.0603. The van der Waals surface area contributed by atoms with Crippen molar-refractivity contribution in [2.45, 2.75) is 44.9 Å². The Kier molecular flexibility index (Phi) is 4.24. The second-order valence-corrected chi connectivity index (χ2v) is 5.88. The molecule has 1 saturated heterocycles. The van der Waals surface area contributed by atoms with Crippen LogP contribution in [0.15, 0.2) is 12.7 Å². The van der Waals surface area contributed by atoms with Crippen LogP contribution in [-0.4, -0.2) is 50.6 Å². The van der Waals surface area contributed by atoms with E-state index >= 15 is 0 Å². The number of rotatable bonds is 3. The van der Waals surface area contributed by atoms with Gasteiger partial charge >= 0.3 is 6.09 Å². The minimum Gasteiger partial charge on any atom is -0.444 e. The van der Waals surface area contributed by atoms with Gasteiger partial charge in [-0.15, -0.1) is 0 Å². The summed E-state index contributed by atoms with van der Waals surface area (Å²) in [5.41, 5.74) is -0.531. The average molecular weight is 283 g/mol. The second-order valence-electron chi connectivity index (χ2n) is 5.88. The van der Waals surface area contributed by atoms with Gasteiger partial charge in [-0.1, -0.05) is 0 Å². The molecule has 1 aromatic heterocycles. The summed E-state index contributed by atoms with van der Waals surface area (Å²) in [6, 6.07) is -0.0609. The van der Waals surface area contributed by atoms with Gasteiger partial charge < -0.3 is 14.5 Å². The number of carbonyl (C=O) groups is 1. The van der Waals surface area contributed by atoms with Gasteiger partial charge in [-0.2, -0.15) is 5.10 Å². The van der Waals surface area contributed by atoms with E-state index in [-0.39, 0.29) is 24.8 Å². The minimum atomic E-state index is -0.531. The fraction of sp³-hybridized carbons (Fsp3) is 0.750. The third-order valence-corrected chi connectivity index (χ3v) is 3.12. The molecule has 0 aromatic carbocycles. The van der Waals surface area contributed by atoms with Gasteiger partial charge in [0.2, 0.25) is 0 Å². The smallest absolute Gasteiger partial charge is 0.410 e. The van der Waals surface area contributed by atoms with Gasteiger partial charge in [-0.3, -0.25) is 0 Å². The van der Waals surface area contributed by atoms with E-state index in [4.69, 9.17) is 15.5 Å². The molecule has 112 valence electrons. The molecule has 1 aliphatic heterocycles. The van der Waals surface area contributed by atoms with Crippen LogP contribution in [0.1, 0.15) is 33.2 Å². The Bertz CT molecular complexity index is 442. The number of ether oxygens (including phenoxy) is 1. The van der Waals surface area contributed by atoms with Crippen LogP contribution in [0.4, 0.5) is 4.79 Å². The highest BCUT2D eigenvalue weighted by molar-refractivity contribution is 5.69. The maximum absolute atomic E-state index is 12.2. The lowest BCUT2D eigenvalue weighted by atomic mass is 10.2. The first-order valence-corrected chi connectivity index (χ1v) is 6.56. The Balaban J connectivity index is 2.07. The fourth-order valence-electron chi connectivity index (χ4n) is 2.30. The van der Waals surface area contributed by atoms with Crippen LogP contribution >= 0.6 is 0 Å². The van der Waals surface area contributed by atoms with Gasteiger partial charge in [0.1, 0.15) is 18.3 Å². The summed E-state index contributed by atoms with van der Waals surface area (Å²) in [7, 11) is 0. The molecular formula is C12H21N5O3. The van der Waals surface area contributed by atoms with Gasteiger partial charge in [0.25, 0.3) is 0 Å². The van der Waals surface area contributed by atoms with Gasteiger partial charge in [0, 0.05) is 6.54 Å². The maximum Gasteiger partial charge on any atom is 0.410 e. The predicted molar refractivity (Wildman–Crippen MR) is 70.5 cm³/mol. The van der Waals surface area contributed by atoms with Crippen LogP contribution in [-0.2, 0) is 9.57 Å². The van der Waals surface area contributed by atoms with Crippen molar-refractivity contribution < 1.29 is 14.4 Å². The lowest BCUT2D eigenvalue weighted by molar-refractivity contribution is 0.0103. The zero-order valence-electron chi connectivity index (χ0n) is 12.0. The summed E-state index contributed by atoms with van der Waals surface area (Å²) in [6.45, 7) is 6.29. The summed E-state index contributed by atoms with van der Waals surface area (Å²) in [6.07, 6.45) is 3.47. The third kappa shape index (κ3) is 3.45. The number of hydrogen-bond donors (Lipinski definition) is 1. The molecular weight excluding hydrogens is 262 g/mol. The monoisotopic (exact) mass is 283 g/mol. The molecule has 0 spiro atoms. The van der Waals surface area contributed by atoms with E-state index in [9.17, 15) is 4.79 Å². The highest BCUT2D eigenvalue weighted by Gasteiger charge is 2.38. The molecule has 2 rings (SSSR count). The lowest BCUT2D eigenvalue weighted by Crippen LogP contribution is -2.42. The Labute approximate surface area is 117 Å². The maximum atomic E-state index is 12.2. The quantitative estimate of drug-likeness (QED) is 0.821. The van der Waals surface area contributed by atoms with Crippen LogP contribution in [0.2, 0.25) is 0 Å². The number of carbonyl (C=O) groups excluding carboxylic acids is 1. The Morgan fingerprint density at radius 3 is 2.80 bits per heavy atom. The molecule has 1 aromatic rings. The normalized spacial score (nSPS) is 23.1. The number of nitrogens with zero attached hydrogens (tertiary/aromatic N) is 4. The number of aromatic nitrogens is 3. The van der Waals surface area contributed by atoms with Crippen molar-refractivity contribution in [3.05, 3.63) is 12.7 Å². The molecule has 2 heterocycles. The van der Waals surface area contributed by atoms with Crippen molar-refractivity contribution in [2.24, 2.45) is 5.90 Å². The molecule has 8 nitrogen and oxygen atoms in total. The first kappa shape index (κ1) is 14.7. The van der Waals surface area contributed by atoms with E-state index in [1.54, 1.807) is 15.9 Å². The first-order valence-electron chi connectivity index (χ1n) is 6.56. The Morgan fingerprint density at radius 2 is 2.25 bits per heavy atom. The van der Waals surface area contributed by atoms with E-state index in [0.717, 1.165) is 0 Å². The molecule has 1 fully saturated rings. The molecule has 0 aliphatic carbocycles. The van der Waals surface area contributed by atoms with Crippen LogP contribution < -0.4 is 5.90 Å². The molecule has 1 amide bonds. The van der Waals surface area contributed by atoms with Crippen molar-refractivity contribution in [2.75, 3.05) is 13.2 Å². The summed E-state index contributed by atoms with van der Waals surface area (Å²) in [5.74, 6) is 5.15. The lowest BCUT2D eigenvalue weighted by Gasteiger charge is -2.27. The molecule has 2 atom stereocenters. The highest BCUT2D eigenvalue weighted by atomic mass is 16.6. The number of likely N-dealkylation sites (tertiary alicyclic amines) is 1. The van der Waals surface area contributed by atoms with Crippen molar-refractivity contribution in [3.63, 3.8) is 0 Å². The molecule has 1 aliphatic rings. The van der Waals surface area contributed by atoms with E-state index in [1.165, 1.54) is 6.33 Å². The van der Waals surface area contributed by atoms with E-state index < -0.39 is 5.60 Å². The number of hydrogen-bond acceptors (Lipinski definition) is 6. The Morgan fingerprint density at radius 1 is 1.50 bits per heavy atom. The van der Waals surface area contributed by atoms with Crippen molar-refractivity contribution >= 4 is 6.09 Å². The average Bonchev–Trinajstić information content (AvgIpc) is 2.94. The van der Waals surface area contributed by atoms with Gasteiger partial charge in [0.05, 0.1) is 18.7 Å². The van der Waals surface area contributed by atoms with Crippen LogP contribution in [0.25, 0.3) is 0 Å². The zero-order valence-corrected chi connectivity index (χ0v) is 12.0. The summed E-state index contributed by atoms with van der Waals surface area (Å²) < 4.78 is 7.15. The highest BCUT2D eigenvalue weighted by Crippen LogP contribution is 2.28. The summed E-state index contributed by atoms with van der Waals surface area (Å²) >= 11 is 0. The third-order valence-electron chi connectivity index (χ3n) is 3.12. The summed E-state index contributed by atoms with van der Waals surface area (Å²) in [4.78, 5) is 22.5. The largest absolute Gasteiger partial charge is 0.444 e. The molecule has 0 radical (unpaired) electrons. The molecule has 0 unspecified atom stereocenters. The van der Waals surface area contributed by atoms with E-state index in [2.05, 4.69) is 10.1 Å². The van der Waals surface area contributed by atoms with Gasteiger partial charge in [-0.05, 0) is 27.2 Å². The van der Waals surface area contributed by atoms with E-state index in [0.29, 0.717) is 13.0 Å². The van der Waals surface area contributed by atoms with Gasteiger partial charge in [-0.25, -0.2) is 20.4 Å². The van der Waals surface area contributed by atoms with Gasteiger partial charge in [0.15, 0.2) is 0 Å². The SMILES string of the molecule is CC(C)(C)OC(=O)N1C[C@@H](n2cncn2)C[C@@H]1CON. The Hall–Kier alpha value is -1.67. The predicted octanol–water partition coefficient (Wildman–Crippen LogP) is 0.719. The topological polar surface area (TPSA) is 95.5 Å². The van der Waals surface area contributed by atoms with Crippen LogP contribution in [0, 0.1) is 0 Å². The fourth-order valence-corrected chi connectivity index (χ4v) is 2.30. The summed E-state index contributed by atoms with van der Waals surface area (Å²) in [5, 5.41) is 4.12. The molecule has 20 heavy (non-hydrogen) atoms. The van der Waals surface area contributed by atoms with Crippen molar-refractivity contribution in [3.8, 4) is 0 Å². The number of nitrogens with two attached hydrogens (primary N) is 1. The van der Waals surface area contributed by atoms with E-state index in [1.807, 2.05) is 20.8 Å². The standard InChI is InChI=1S/C12H21N5O3/c1-12(2,3)20-11(18)16-5-9(4-10(16)6-19-13)17-8-14-7-15-17/h7-10H,4-6,13H2,1-3H3/t9-,10+/m0/s1. The molecule has 8 heteroatoms. The first-order chi connectivity index (χ1) is 9.40. The zero-order chi connectivity index (χ0) is 14.8. The van der Waals surface area contributed by atoms with Crippen LogP contribution in [0.5, 0.6) is 0 Å². The molecule has 2 N–H and O–H groups in total. The second kappa shape index (κ2) is 5.76.